The zero-order chi connectivity index (χ0) is 17.6. The maximum Gasteiger partial charge on any atom is 0.250 e. The van der Waals surface area contributed by atoms with Gasteiger partial charge in [-0.3, -0.25) is 0 Å². The van der Waals surface area contributed by atoms with Crippen LogP contribution in [0.15, 0.2) is 6.20 Å². The molecule has 2 atom stereocenters. The van der Waals surface area contributed by atoms with Gasteiger partial charge in [0.2, 0.25) is 11.9 Å². The third-order valence-electron chi connectivity index (χ3n) is 4.26. The van der Waals surface area contributed by atoms with E-state index >= 15 is 0 Å². The smallest absolute Gasteiger partial charge is 0.250 e. The molecular formula is C16H25F2N5O. The number of halogens is 2. The van der Waals surface area contributed by atoms with Crippen LogP contribution in [0.1, 0.15) is 51.9 Å². The van der Waals surface area contributed by atoms with E-state index in [2.05, 4.69) is 20.6 Å². The summed E-state index contributed by atoms with van der Waals surface area (Å²) in [6.45, 7) is 2.04. The Morgan fingerprint density at radius 2 is 2.33 bits per heavy atom. The Hall–Kier alpha value is -1.99. The Bertz CT molecular complexity index is 555. The molecular weight excluding hydrogens is 316 g/mol. The number of alkyl halides is 2. The number of rotatable bonds is 9. The number of unbranched alkanes of at least 4 members (excludes halogenated alkanes) is 1. The maximum atomic E-state index is 13.3. The lowest BCUT2D eigenvalue weighted by atomic mass is 10.1. The number of nitrogens with zero attached hydrogens (tertiary/aromatic N) is 2. The summed E-state index contributed by atoms with van der Waals surface area (Å²) >= 11 is 0. The second kappa shape index (κ2) is 8.21. The molecule has 1 fully saturated rings. The van der Waals surface area contributed by atoms with Crippen molar-refractivity contribution in [2.75, 3.05) is 16.4 Å². The average Bonchev–Trinajstić information content (AvgIpc) is 2.88. The van der Waals surface area contributed by atoms with Crippen molar-refractivity contribution in [1.82, 2.24) is 9.97 Å². The van der Waals surface area contributed by atoms with Crippen LogP contribution in [0.25, 0.3) is 0 Å². The van der Waals surface area contributed by atoms with Crippen molar-refractivity contribution in [1.29, 1.82) is 0 Å². The van der Waals surface area contributed by atoms with Crippen molar-refractivity contribution in [3.8, 4) is 0 Å². The van der Waals surface area contributed by atoms with E-state index in [9.17, 15) is 13.6 Å². The Morgan fingerprint density at radius 3 is 2.96 bits per heavy atom. The van der Waals surface area contributed by atoms with E-state index in [0.29, 0.717) is 30.3 Å². The lowest BCUT2D eigenvalue weighted by Crippen LogP contribution is -2.23. The second-order valence-corrected chi connectivity index (χ2v) is 6.28. The first kappa shape index (κ1) is 18.4. The van der Waals surface area contributed by atoms with Crippen LogP contribution in [0, 0.1) is 0 Å². The largest absolute Gasteiger partial charge is 0.394 e. The van der Waals surface area contributed by atoms with E-state index < -0.39 is 5.92 Å². The van der Waals surface area contributed by atoms with Gasteiger partial charge >= 0.3 is 0 Å². The van der Waals surface area contributed by atoms with Gasteiger partial charge in [-0.05, 0) is 25.7 Å². The summed E-state index contributed by atoms with van der Waals surface area (Å²) in [6.07, 6.45) is 5.48. The predicted octanol–water partition coefficient (Wildman–Crippen LogP) is 3.22. The molecule has 1 aliphatic carbocycles. The zero-order valence-corrected chi connectivity index (χ0v) is 13.9. The number of nitrogens with two attached hydrogens (primary N) is 1. The normalized spacial score (nSPS) is 20.5. The molecule has 1 saturated carbocycles. The zero-order valence-electron chi connectivity index (χ0n) is 13.9. The van der Waals surface area contributed by atoms with Crippen molar-refractivity contribution in [3.63, 3.8) is 0 Å². The molecule has 2 rings (SSSR count). The van der Waals surface area contributed by atoms with Crippen molar-refractivity contribution in [2.45, 2.75) is 69.9 Å². The summed E-state index contributed by atoms with van der Waals surface area (Å²) in [5.74, 6) is -1.81. The molecule has 1 aliphatic rings. The number of nitrogen functional groups attached to an aromatic ring is 1. The van der Waals surface area contributed by atoms with E-state index in [1.165, 1.54) is 6.20 Å². The molecule has 0 radical (unpaired) electrons. The molecule has 24 heavy (non-hydrogen) atoms. The third-order valence-corrected chi connectivity index (χ3v) is 4.26. The first-order valence-electron chi connectivity index (χ1n) is 8.40. The van der Waals surface area contributed by atoms with Gasteiger partial charge in [0.1, 0.15) is 6.29 Å². The van der Waals surface area contributed by atoms with Gasteiger partial charge in [0.25, 0.3) is 0 Å². The fourth-order valence-electron chi connectivity index (χ4n) is 2.85. The fourth-order valence-corrected chi connectivity index (χ4v) is 2.85. The van der Waals surface area contributed by atoms with Crippen molar-refractivity contribution in [3.05, 3.63) is 6.20 Å². The van der Waals surface area contributed by atoms with E-state index in [1.54, 1.807) is 0 Å². The van der Waals surface area contributed by atoms with Crippen molar-refractivity contribution >= 4 is 23.7 Å². The highest BCUT2D eigenvalue weighted by Crippen LogP contribution is 2.36. The van der Waals surface area contributed by atoms with Crippen LogP contribution < -0.4 is 16.4 Å². The monoisotopic (exact) mass is 341 g/mol. The van der Waals surface area contributed by atoms with Gasteiger partial charge < -0.3 is 21.2 Å². The molecule has 1 unspecified atom stereocenters. The highest BCUT2D eigenvalue weighted by Gasteiger charge is 2.39. The number of anilines is 3. The highest BCUT2D eigenvalue weighted by molar-refractivity contribution is 5.62. The molecule has 1 aromatic rings. The molecule has 4 N–H and O–H groups in total. The molecule has 6 nitrogen and oxygen atoms in total. The van der Waals surface area contributed by atoms with E-state index in [4.69, 9.17) is 5.73 Å². The number of hydrogen-bond donors (Lipinski definition) is 3. The molecule has 134 valence electrons. The molecule has 0 amide bonds. The number of nitrogens with one attached hydrogen (secondary N) is 2. The van der Waals surface area contributed by atoms with Crippen LogP contribution in [-0.2, 0) is 4.79 Å². The summed E-state index contributed by atoms with van der Waals surface area (Å²) in [7, 11) is 0. The Labute approximate surface area is 140 Å². The Kier molecular flexibility index (Phi) is 6.28. The fraction of sp³-hybridized carbons (Fsp3) is 0.688. The number of aldehydes is 1. The predicted molar refractivity (Wildman–Crippen MR) is 90.3 cm³/mol. The molecule has 0 bridgehead atoms. The molecule has 1 aromatic heterocycles. The van der Waals surface area contributed by atoms with Crippen LogP contribution >= 0.6 is 0 Å². The van der Waals surface area contributed by atoms with Crippen molar-refractivity contribution < 1.29 is 13.6 Å². The highest BCUT2D eigenvalue weighted by atomic mass is 19.3. The van der Waals surface area contributed by atoms with E-state index in [1.807, 2.05) is 6.92 Å². The minimum absolute atomic E-state index is 0.112. The molecule has 0 aromatic carbocycles. The van der Waals surface area contributed by atoms with E-state index in [-0.39, 0.29) is 24.9 Å². The minimum atomic E-state index is -2.61. The van der Waals surface area contributed by atoms with Crippen LogP contribution in [0.2, 0.25) is 0 Å². The number of hydrogen-bond acceptors (Lipinski definition) is 6. The summed E-state index contributed by atoms with van der Waals surface area (Å²) in [5, 5.41) is 6.22. The average molecular weight is 341 g/mol. The van der Waals surface area contributed by atoms with Gasteiger partial charge in [0.15, 0.2) is 5.82 Å². The first-order valence-corrected chi connectivity index (χ1v) is 8.40. The molecule has 0 spiro atoms. The van der Waals surface area contributed by atoms with Gasteiger partial charge in [-0.1, -0.05) is 6.92 Å². The topological polar surface area (TPSA) is 92.9 Å². The summed E-state index contributed by atoms with van der Waals surface area (Å²) in [5.41, 5.74) is 6.32. The summed E-state index contributed by atoms with van der Waals surface area (Å²) < 4.78 is 26.5. The minimum Gasteiger partial charge on any atom is -0.394 e. The summed E-state index contributed by atoms with van der Waals surface area (Å²) in [4.78, 5) is 18.8. The van der Waals surface area contributed by atoms with Crippen LogP contribution in [0.3, 0.4) is 0 Å². The Morgan fingerprint density at radius 1 is 1.54 bits per heavy atom. The molecule has 0 aliphatic heterocycles. The Balaban J connectivity index is 1.98. The molecule has 8 heteroatoms. The first-order chi connectivity index (χ1) is 11.4. The van der Waals surface area contributed by atoms with Crippen LogP contribution in [0.5, 0.6) is 0 Å². The lowest BCUT2D eigenvalue weighted by Gasteiger charge is -2.19. The maximum absolute atomic E-state index is 13.3. The van der Waals surface area contributed by atoms with Crippen LogP contribution in [-0.4, -0.2) is 34.3 Å². The number of carbonyl (C=O) groups is 1. The van der Waals surface area contributed by atoms with E-state index in [0.717, 1.165) is 25.5 Å². The van der Waals surface area contributed by atoms with Crippen molar-refractivity contribution in [2.24, 2.45) is 0 Å². The molecule has 0 saturated heterocycles. The van der Waals surface area contributed by atoms with Gasteiger partial charge in [-0.15, -0.1) is 0 Å². The number of carbonyl (C=O) groups excluding carboxylic acids is 1. The summed E-state index contributed by atoms with van der Waals surface area (Å²) in [6, 6.07) is -0.183. The van der Waals surface area contributed by atoms with Gasteiger partial charge in [0, 0.05) is 31.3 Å². The second-order valence-electron chi connectivity index (χ2n) is 6.28. The molecule has 1 heterocycles. The quantitative estimate of drug-likeness (QED) is 0.472. The van der Waals surface area contributed by atoms with Crippen LogP contribution in [0.4, 0.5) is 26.2 Å². The van der Waals surface area contributed by atoms with Gasteiger partial charge in [0.05, 0.1) is 11.9 Å². The van der Waals surface area contributed by atoms with Gasteiger partial charge in [-0.2, -0.15) is 4.98 Å². The van der Waals surface area contributed by atoms with Gasteiger partial charge in [-0.25, -0.2) is 13.8 Å². The third kappa shape index (κ3) is 5.28. The SMILES string of the molecule is CCC(CCCC=O)Nc1nc(N[C@@H]2CCC(F)(F)C2)ncc1N. The standard InChI is InChI=1S/C16H25F2N5O/c1-2-11(5-3-4-8-24)21-14-13(19)10-20-15(23-14)22-12-6-7-16(17,18)9-12/h8,10-12H,2-7,9,19H2,1H3,(H2,20,21,22,23)/t11?,12-/m1/s1. The number of aromatic nitrogens is 2. The lowest BCUT2D eigenvalue weighted by molar-refractivity contribution is -0.107.